The van der Waals surface area contributed by atoms with Crippen molar-refractivity contribution in [1.82, 2.24) is 20.2 Å². The number of pyridine rings is 2. The smallest absolute Gasteiger partial charge is 0.213 e. The maximum atomic E-state index is 14.6. The van der Waals surface area contributed by atoms with Crippen LogP contribution in [0, 0.1) is 23.1 Å². The van der Waals surface area contributed by atoms with Crippen LogP contribution in [0.5, 0.6) is 11.6 Å². The van der Waals surface area contributed by atoms with E-state index in [0.29, 0.717) is 47.0 Å². The summed E-state index contributed by atoms with van der Waals surface area (Å²) in [7, 11) is 1.56. The summed E-state index contributed by atoms with van der Waals surface area (Å²) in [5, 5.41) is 13.0. The third kappa shape index (κ3) is 4.67. The van der Waals surface area contributed by atoms with Crippen LogP contribution in [0.15, 0.2) is 30.5 Å². The van der Waals surface area contributed by atoms with Gasteiger partial charge in [-0.25, -0.2) is 9.37 Å². The summed E-state index contributed by atoms with van der Waals surface area (Å²) in [6.45, 7) is 5.07. The van der Waals surface area contributed by atoms with E-state index in [1.165, 1.54) is 6.20 Å². The second kappa shape index (κ2) is 9.92. The van der Waals surface area contributed by atoms with Crippen molar-refractivity contribution < 1.29 is 13.9 Å². The van der Waals surface area contributed by atoms with Crippen molar-refractivity contribution in [2.45, 2.75) is 25.8 Å². The number of benzene rings is 1. The molecule has 0 spiro atoms. The minimum absolute atomic E-state index is 0.317. The third-order valence-electron chi connectivity index (χ3n) is 6.72. The Morgan fingerprint density at radius 2 is 2.26 bits per heavy atom. The predicted molar refractivity (Wildman–Crippen MR) is 126 cm³/mol. The van der Waals surface area contributed by atoms with Crippen LogP contribution >= 0.6 is 0 Å². The highest BCUT2D eigenvalue weighted by Crippen LogP contribution is 2.30. The van der Waals surface area contributed by atoms with Crippen LogP contribution in [-0.4, -0.2) is 54.8 Å². The molecule has 1 aromatic carbocycles. The number of halogens is 1. The number of hydrogen-bond donors (Lipinski definition) is 1. The van der Waals surface area contributed by atoms with Gasteiger partial charge in [0.15, 0.2) is 0 Å². The number of nitriles is 1. The number of rotatable bonds is 8. The fraction of sp³-hybridized carbons (Fsp3) is 0.423. The van der Waals surface area contributed by atoms with Gasteiger partial charge >= 0.3 is 0 Å². The van der Waals surface area contributed by atoms with Crippen molar-refractivity contribution in [2.75, 3.05) is 39.9 Å². The highest BCUT2D eigenvalue weighted by molar-refractivity contribution is 5.78. The highest BCUT2D eigenvalue weighted by Gasteiger charge is 2.23. The second-order valence-corrected chi connectivity index (χ2v) is 8.98. The Morgan fingerprint density at radius 3 is 3.12 bits per heavy atom. The number of nitrogens with one attached hydrogen (secondary N) is 1. The lowest BCUT2D eigenvalue weighted by Crippen LogP contribution is -2.27. The van der Waals surface area contributed by atoms with E-state index in [4.69, 9.17) is 9.47 Å². The number of ether oxygens (including phenoxy) is 2. The Hall–Kier alpha value is -3.28. The third-order valence-corrected chi connectivity index (χ3v) is 6.72. The average Bonchev–Trinajstić information content (AvgIpc) is 3.52. The first-order valence-corrected chi connectivity index (χ1v) is 11.7. The SMILES string of the molecule is COc1ccc2ncc(F)c(CCN3CC[C@@H](CNCc4cc(C#N)c5c(c4)CCO5)C3)c2n1. The molecule has 2 aliphatic heterocycles. The van der Waals surface area contributed by atoms with E-state index >= 15 is 0 Å². The van der Waals surface area contributed by atoms with Gasteiger partial charge in [-0.2, -0.15) is 5.26 Å². The van der Waals surface area contributed by atoms with Gasteiger partial charge in [0.05, 0.1) is 36.5 Å². The zero-order valence-corrected chi connectivity index (χ0v) is 19.3. The molecule has 8 heteroatoms. The van der Waals surface area contributed by atoms with Crippen LogP contribution in [0.2, 0.25) is 0 Å². The summed E-state index contributed by atoms with van der Waals surface area (Å²) in [5.74, 6) is 1.45. The molecule has 2 aromatic heterocycles. The van der Waals surface area contributed by atoms with E-state index in [-0.39, 0.29) is 5.82 Å². The van der Waals surface area contributed by atoms with Gasteiger partial charge in [-0.15, -0.1) is 0 Å². The van der Waals surface area contributed by atoms with Gasteiger partial charge in [-0.3, -0.25) is 4.98 Å². The Bertz CT molecular complexity index is 1240. The van der Waals surface area contributed by atoms with Gasteiger partial charge in [0.2, 0.25) is 5.88 Å². The predicted octanol–water partition coefficient (Wildman–Crippen LogP) is 3.24. The lowest BCUT2D eigenvalue weighted by Gasteiger charge is -2.17. The molecule has 0 radical (unpaired) electrons. The van der Waals surface area contributed by atoms with E-state index < -0.39 is 0 Å². The molecule has 0 bridgehead atoms. The van der Waals surface area contributed by atoms with Crippen molar-refractivity contribution >= 4 is 11.0 Å². The molecular weight excluding hydrogens is 433 g/mol. The maximum Gasteiger partial charge on any atom is 0.213 e. The van der Waals surface area contributed by atoms with Gasteiger partial charge in [0.1, 0.15) is 17.6 Å². The molecule has 34 heavy (non-hydrogen) atoms. The fourth-order valence-electron chi connectivity index (χ4n) is 4.96. The Morgan fingerprint density at radius 1 is 1.35 bits per heavy atom. The summed E-state index contributed by atoms with van der Waals surface area (Å²) in [5.41, 5.74) is 4.73. The number of likely N-dealkylation sites (tertiary alicyclic amines) is 1. The zero-order chi connectivity index (χ0) is 23.5. The largest absolute Gasteiger partial charge is 0.492 e. The summed E-state index contributed by atoms with van der Waals surface area (Å²) in [6.07, 6.45) is 3.84. The van der Waals surface area contributed by atoms with Gasteiger partial charge in [0, 0.05) is 37.7 Å². The molecule has 1 atom stereocenters. The van der Waals surface area contributed by atoms with Crippen molar-refractivity contribution in [3.8, 4) is 17.7 Å². The van der Waals surface area contributed by atoms with E-state index in [1.807, 2.05) is 12.1 Å². The molecule has 2 aliphatic rings. The zero-order valence-electron chi connectivity index (χ0n) is 19.3. The van der Waals surface area contributed by atoms with Crippen molar-refractivity contribution in [3.63, 3.8) is 0 Å². The number of aromatic nitrogens is 2. The van der Waals surface area contributed by atoms with Gasteiger partial charge < -0.3 is 19.7 Å². The first kappa shape index (κ1) is 22.5. The van der Waals surface area contributed by atoms with Crippen LogP contribution in [0.4, 0.5) is 4.39 Å². The normalized spacial score (nSPS) is 17.5. The van der Waals surface area contributed by atoms with Crippen LogP contribution in [0.3, 0.4) is 0 Å². The van der Waals surface area contributed by atoms with Gasteiger partial charge in [-0.05, 0) is 55.1 Å². The Balaban J connectivity index is 1.14. The molecule has 1 fully saturated rings. The molecule has 5 rings (SSSR count). The summed E-state index contributed by atoms with van der Waals surface area (Å²) >= 11 is 0. The van der Waals surface area contributed by atoms with Gasteiger partial charge in [-0.1, -0.05) is 6.07 Å². The maximum absolute atomic E-state index is 14.6. The standard InChI is InChI=1S/C26H28FN5O2/c1-33-24-3-2-23-25(31-24)21(22(27)15-30-23)5-8-32-7-4-17(16-32)13-29-14-18-10-19-6-9-34-26(19)20(11-18)12-28/h2-3,10-11,15,17,29H,4-9,13-14,16H2,1H3/t17-/m0/s1. The molecule has 0 unspecified atom stereocenters. The first-order valence-electron chi connectivity index (χ1n) is 11.7. The minimum Gasteiger partial charge on any atom is -0.492 e. The topological polar surface area (TPSA) is 83.3 Å². The quantitative estimate of drug-likeness (QED) is 0.551. The molecule has 0 saturated carbocycles. The molecule has 4 heterocycles. The Labute approximate surface area is 198 Å². The number of methoxy groups -OCH3 is 1. The minimum atomic E-state index is -0.317. The molecule has 176 valence electrons. The summed E-state index contributed by atoms with van der Waals surface area (Å²) in [4.78, 5) is 11.0. The number of nitrogens with zero attached hydrogens (tertiary/aromatic N) is 4. The van der Waals surface area contributed by atoms with Crippen LogP contribution in [-0.2, 0) is 19.4 Å². The van der Waals surface area contributed by atoms with E-state index in [0.717, 1.165) is 62.4 Å². The van der Waals surface area contributed by atoms with Crippen molar-refractivity contribution in [1.29, 1.82) is 5.26 Å². The van der Waals surface area contributed by atoms with E-state index in [1.54, 1.807) is 13.2 Å². The molecule has 1 saturated heterocycles. The molecule has 0 aliphatic carbocycles. The lowest BCUT2D eigenvalue weighted by molar-refractivity contribution is 0.324. The summed E-state index contributed by atoms with van der Waals surface area (Å²) < 4.78 is 25.4. The molecular formula is C26H28FN5O2. The number of hydrogen-bond acceptors (Lipinski definition) is 7. The number of fused-ring (bicyclic) bond motifs is 2. The summed E-state index contributed by atoms with van der Waals surface area (Å²) in [6, 6.07) is 9.88. The second-order valence-electron chi connectivity index (χ2n) is 8.98. The van der Waals surface area contributed by atoms with E-state index in [9.17, 15) is 9.65 Å². The average molecular weight is 462 g/mol. The monoisotopic (exact) mass is 461 g/mol. The molecule has 1 N–H and O–H groups in total. The van der Waals surface area contributed by atoms with Crippen molar-refractivity contribution in [2.24, 2.45) is 5.92 Å². The van der Waals surface area contributed by atoms with Crippen LogP contribution in [0.25, 0.3) is 11.0 Å². The first-order chi connectivity index (χ1) is 16.6. The van der Waals surface area contributed by atoms with Crippen molar-refractivity contribution in [3.05, 3.63) is 58.5 Å². The Kier molecular flexibility index (Phi) is 6.57. The fourth-order valence-corrected chi connectivity index (χ4v) is 4.96. The van der Waals surface area contributed by atoms with Crippen LogP contribution in [0.1, 0.15) is 28.7 Å². The lowest BCUT2D eigenvalue weighted by atomic mass is 10.0. The van der Waals surface area contributed by atoms with Crippen LogP contribution < -0.4 is 14.8 Å². The molecule has 3 aromatic rings. The molecule has 0 amide bonds. The highest BCUT2D eigenvalue weighted by atomic mass is 19.1. The van der Waals surface area contributed by atoms with E-state index in [2.05, 4.69) is 32.3 Å². The molecule has 7 nitrogen and oxygen atoms in total. The van der Waals surface area contributed by atoms with Gasteiger partial charge in [0.25, 0.3) is 0 Å².